The molecule has 3 rings (SSSR count). The Bertz CT molecular complexity index is 685. The van der Waals surface area contributed by atoms with E-state index >= 15 is 0 Å². The number of hydrogen-bond donors (Lipinski definition) is 3. The second-order valence-corrected chi connectivity index (χ2v) is 6.19. The molecule has 5 nitrogen and oxygen atoms in total. The van der Waals surface area contributed by atoms with Crippen LogP contribution in [0.4, 0.5) is 11.4 Å². The highest BCUT2D eigenvalue weighted by atomic mass is 79.9. The van der Waals surface area contributed by atoms with Gasteiger partial charge in [-0.1, -0.05) is 0 Å². The molecule has 1 heterocycles. The lowest BCUT2D eigenvalue weighted by atomic mass is 10.1. The highest BCUT2D eigenvalue weighted by Crippen LogP contribution is 2.28. The summed E-state index contributed by atoms with van der Waals surface area (Å²) >= 11 is 3.40. The highest BCUT2D eigenvalue weighted by Gasteiger charge is 2.22. The number of amides is 1. The van der Waals surface area contributed by atoms with Crippen molar-refractivity contribution >= 4 is 44.1 Å². The van der Waals surface area contributed by atoms with E-state index < -0.39 is 0 Å². The second kappa shape index (κ2) is 5.89. The molecule has 0 radical (unpaired) electrons. The Kier molecular flexibility index (Phi) is 3.96. The van der Waals surface area contributed by atoms with Crippen molar-refractivity contribution in [1.82, 2.24) is 10.3 Å². The van der Waals surface area contributed by atoms with Crippen molar-refractivity contribution in [2.75, 3.05) is 17.6 Å². The molecule has 0 spiro atoms. The summed E-state index contributed by atoms with van der Waals surface area (Å²) in [7, 11) is 0. The number of rotatable bonds is 5. The van der Waals surface area contributed by atoms with Gasteiger partial charge in [0.15, 0.2) is 0 Å². The fourth-order valence-electron chi connectivity index (χ4n) is 2.20. The third-order valence-electron chi connectivity index (χ3n) is 3.46. The normalized spacial score (nSPS) is 14.1. The minimum absolute atomic E-state index is 0.0976. The Balaban J connectivity index is 1.68. The van der Waals surface area contributed by atoms with Crippen LogP contribution < -0.4 is 16.4 Å². The lowest BCUT2D eigenvalue weighted by molar-refractivity contribution is -0.120. The van der Waals surface area contributed by atoms with Gasteiger partial charge in [0, 0.05) is 40.8 Å². The zero-order chi connectivity index (χ0) is 14.8. The largest absolute Gasteiger partial charge is 0.398 e. The lowest BCUT2D eigenvalue weighted by Gasteiger charge is -2.11. The molecule has 1 aliphatic rings. The fraction of sp³-hybridized carbons (Fsp3) is 0.333. The van der Waals surface area contributed by atoms with Gasteiger partial charge < -0.3 is 16.4 Å². The van der Waals surface area contributed by atoms with Crippen molar-refractivity contribution in [1.29, 1.82) is 0 Å². The van der Waals surface area contributed by atoms with Crippen LogP contribution in [0, 0.1) is 0 Å². The van der Waals surface area contributed by atoms with Crippen molar-refractivity contribution in [3.05, 3.63) is 28.9 Å². The van der Waals surface area contributed by atoms with Crippen molar-refractivity contribution in [2.45, 2.75) is 25.3 Å². The van der Waals surface area contributed by atoms with Gasteiger partial charge in [-0.15, -0.1) is 0 Å². The topological polar surface area (TPSA) is 80.0 Å². The van der Waals surface area contributed by atoms with E-state index in [2.05, 4.69) is 31.5 Å². The van der Waals surface area contributed by atoms with E-state index in [0.717, 1.165) is 33.9 Å². The summed E-state index contributed by atoms with van der Waals surface area (Å²) in [6, 6.07) is 6.11. The van der Waals surface area contributed by atoms with Crippen LogP contribution in [0.1, 0.15) is 19.3 Å². The van der Waals surface area contributed by atoms with Crippen molar-refractivity contribution in [3.63, 3.8) is 0 Å². The summed E-state index contributed by atoms with van der Waals surface area (Å²) in [5, 5.41) is 7.14. The molecule has 0 atom stereocenters. The quantitative estimate of drug-likeness (QED) is 0.725. The van der Waals surface area contributed by atoms with E-state index in [1.807, 2.05) is 18.2 Å². The summed E-state index contributed by atoms with van der Waals surface area (Å²) < 4.78 is 0.891. The molecule has 1 aromatic carbocycles. The number of aromatic nitrogens is 1. The summed E-state index contributed by atoms with van der Waals surface area (Å²) in [6.45, 7) is 0.579. The van der Waals surface area contributed by atoms with Crippen LogP contribution in [-0.4, -0.2) is 23.5 Å². The molecule has 0 aliphatic heterocycles. The molecule has 110 valence electrons. The SMILES string of the molecule is Nc1ccc(NCCC(=O)NC2CC2)c2ncc(Br)cc12. The van der Waals surface area contributed by atoms with Crippen LogP contribution >= 0.6 is 15.9 Å². The molecule has 2 aromatic rings. The Morgan fingerprint density at radius 2 is 2.24 bits per heavy atom. The highest BCUT2D eigenvalue weighted by molar-refractivity contribution is 9.10. The van der Waals surface area contributed by atoms with Crippen molar-refractivity contribution in [3.8, 4) is 0 Å². The summed E-state index contributed by atoms with van der Waals surface area (Å²) in [5.41, 5.74) is 8.39. The first-order chi connectivity index (χ1) is 10.1. The van der Waals surface area contributed by atoms with Crippen LogP contribution in [0.5, 0.6) is 0 Å². The number of pyridine rings is 1. The van der Waals surface area contributed by atoms with Crippen LogP contribution in [0.2, 0.25) is 0 Å². The summed E-state index contributed by atoms with van der Waals surface area (Å²) in [6.07, 6.45) is 4.42. The minimum atomic E-state index is 0.0976. The Labute approximate surface area is 131 Å². The van der Waals surface area contributed by atoms with Crippen molar-refractivity contribution < 1.29 is 4.79 Å². The van der Waals surface area contributed by atoms with Gasteiger partial charge >= 0.3 is 0 Å². The number of carbonyl (C=O) groups excluding carboxylic acids is 1. The molecule has 21 heavy (non-hydrogen) atoms. The molecule has 6 heteroatoms. The molecule has 1 aliphatic carbocycles. The standard InChI is InChI=1S/C15H17BrN4O/c16-9-7-11-12(17)3-4-13(15(11)19-8-9)18-6-5-14(21)20-10-1-2-10/h3-4,7-8,10,18H,1-2,5-6,17H2,(H,20,21). The predicted molar refractivity (Wildman–Crippen MR) is 88.1 cm³/mol. The molecule has 1 aromatic heterocycles. The number of carbonyl (C=O) groups is 1. The van der Waals surface area contributed by atoms with Crippen LogP contribution in [0.15, 0.2) is 28.9 Å². The first kappa shape index (κ1) is 14.1. The van der Waals surface area contributed by atoms with Crippen LogP contribution in [0.25, 0.3) is 10.9 Å². The second-order valence-electron chi connectivity index (χ2n) is 5.27. The third kappa shape index (κ3) is 3.44. The van der Waals surface area contributed by atoms with Gasteiger partial charge in [-0.3, -0.25) is 9.78 Å². The van der Waals surface area contributed by atoms with E-state index in [-0.39, 0.29) is 5.91 Å². The molecule has 1 amide bonds. The van der Waals surface area contributed by atoms with E-state index in [1.54, 1.807) is 6.20 Å². The number of halogens is 1. The van der Waals surface area contributed by atoms with Gasteiger partial charge in [0.2, 0.25) is 5.91 Å². The number of nitrogen functional groups attached to an aromatic ring is 1. The number of anilines is 2. The molecule has 4 N–H and O–H groups in total. The average Bonchev–Trinajstić information content (AvgIpc) is 3.25. The van der Waals surface area contributed by atoms with E-state index in [9.17, 15) is 4.79 Å². The Morgan fingerprint density at radius 1 is 1.43 bits per heavy atom. The monoisotopic (exact) mass is 348 g/mol. The maximum Gasteiger partial charge on any atom is 0.221 e. The summed E-state index contributed by atoms with van der Waals surface area (Å²) in [4.78, 5) is 16.1. The number of nitrogens with zero attached hydrogens (tertiary/aromatic N) is 1. The van der Waals surface area contributed by atoms with Gasteiger partial charge in [0.05, 0.1) is 11.2 Å². The van der Waals surface area contributed by atoms with Gasteiger partial charge in [-0.25, -0.2) is 0 Å². The minimum Gasteiger partial charge on any atom is -0.398 e. The number of nitrogens with two attached hydrogens (primary N) is 1. The number of nitrogens with one attached hydrogen (secondary N) is 2. The van der Waals surface area contributed by atoms with E-state index in [4.69, 9.17) is 5.73 Å². The van der Waals surface area contributed by atoms with Crippen LogP contribution in [-0.2, 0) is 4.79 Å². The van der Waals surface area contributed by atoms with Gasteiger partial charge in [0.25, 0.3) is 0 Å². The molecule has 0 bridgehead atoms. The Hall–Kier alpha value is -1.82. The maximum atomic E-state index is 11.7. The molecular weight excluding hydrogens is 332 g/mol. The van der Waals surface area contributed by atoms with Gasteiger partial charge in [-0.2, -0.15) is 0 Å². The average molecular weight is 349 g/mol. The first-order valence-electron chi connectivity index (χ1n) is 7.00. The summed E-state index contributed by atoms with van der Waals surface area (Å²) in [5.74, 6) is 0.0976. The van der Waals surface area contributed by atoms with E-state index in [1.165, 1.54) is 0 Å². The zero-order valence-corrected chi connectivity index (χ0v) is 13.1. The third-order valence-corrected chi connectivity index (χ3v) is 3.89. The van der Waals surface area contributed by atoms with Crippen molar-refractivity contribution in [2.24, 2.45) is 0 Å². The molecule has 1 fully saturated rings. The number of hydrogen-bond acceptors (Lipinski definition) is 4. The molecule has 0 saturated heterocycles. The maximum absolute atomic E-state index is 11.7. The van der Waals surface area contributed by atoms with Gasteiger partial charge in [-0.05, 0) is 47.0 Å². The molecule has 0 unspecified atom stereocenters. The number of benzene rings is 1. The molecular formula is C15H17BrN4O. The zero-order valence-electron chi connectivity index (χ0n) is 11.5. The van der Waals surface area contributed by atoms with Gasteiger partial charge in [0.1, 0.15) is 0 Å². The predicted octanol–water partition coefficient (Wildman–Crippen LogP) is 2.66. The Morgan fingerprint density at radius 3 is 3.00 bits per heavy atom. The van der Waals surface area contributed by atoms with E-state index in [0.29, 0.717) is 24.7 Å². The lowest BCUT2D eigenvalue weighted by Crippen LogP contribution is -2.27. The van der Waals surface area contributed by atoms with Crippen LogP contribution in [0.3, 0.4) is 0 Å². The first-order valence-corrected chi connectivity index (χ1v) is 7.80. The smallest absolute Gasteiger partial charge is 0.221 e. The number of fused-ring (bicyclic) bond motifs is 1. The molecule has 1 saturated carbocycles. The fourth-order valence-corrected chi connectivity index (χ4v) is 2.53.